The van der Waals surface area contributed by atoms with Crippen LogP contribution in [0.5, 0.6) is 0 Å². The molecule has 8 N–H and O–H groups in total. The van der Waals surface area contributed by atoms with E-state index in [0.717, 1.165) is 67.6 Å². The topological polar surface area (TPSA) is 213 Å². The highest BCUT2D eigenvalue weighted by atomic mass is 16.4. The number of rotatable bonds is 15. The SMILES string of the molecule is CC(=O)NC(C(=O)N[C@@H](CCCN=C(N)N)C(=O)N1Cc2ccccc2C[C@H]1C(=O)N[C@@H](Cc1ccccc1N1CCC1)C(=O)O)C1CCCC1. The van der Waals surface area contributed by atoms with Crippen LogP contribution in [0.2, 0.25) is 0 Å². The second-order valence-electron chi connectivity index (χ2n) is 13.8. The highest BCUT2D eigenvalue weighted by molar-refractivity contribution is 5.95. The molecule has 274 valence electrons. The third-order valence-corrected chi connectivity index (χ3v) is 10.1. The Morgan fingerprint density at radius 2 is 1.59 bits per heavy atom. The summed E-state index contributed by atoms with van der Waals surface area (Å²) >= 11 is 0. The summed E-state index contributed by atoms with van der Waals surface area (Å²) in [4.78, 5) is 74.8. The molecule has 2 aliphatic heterocycles. The van der Waals surface area contributed by atoms with Gasteiger partial charge in [-0.2, -0.15) is 0 Å². The fourth-order valence-electron chi connectivity index (χ4n) is 7.36. The number of carbonyl (C=O) groups excluding carboxylic acids is 4. The van der Waals surface area contributed by atoms with E-state index in [1.54, 1.807) is 0 Å². The Hall–Kier alpha value is -5.14. The molecule has 14 heteroatoms. The number of para-hydroxylation sites is 1. The van der Waals surface area contributed by atoms with E-state index in [9.17, 15) is 29.1 Å². The van der Waals surface area contributed by atoms with E-state index in [0.29, 0.717) is 6.42 Å². The van der Waals surface area contributed by atoms with Crippen molar-refractivity contribution in [2.24, 2.45) is 22.4 Å². The zero-order chi connectivity index (χ0) is 36.5. The number of aliphatic imine (C=N–C) groups is 1. The molecule has 1 saturated heterocycles. The molecule has 0 bridgehead atoms. The highest BCUT2D eigenvalue weighted by Gasteiger charge is 2.40. The number of hydrogen-bond donors (Lipinski definition) is 6. The average Bonchev–Trinajstić information content (AvgIpc) is 3.62. The normalized spacial score (nSPS) is 18.7. The van der Waals surface area contributed by atoms with Crippen LogP contribution in [0, 0.1) is 5.92 Å². The Kier molecular flexibility index (Phi) is 12.5. The predicted molar refractivity (Wildman–Crippen MR) is 192 cm³/mol. The van der Waals surface area contributed by atoms with Crippen LogP contribution in [0.15, 0.2) is 53.5 Å². The van der Waals surface area contributed by atoms with E-state index in [-0.39, 0.29) is 50.1 Å². The number of carbonyl (C=O) groups is 5. The van der Waals surface area contributed by atoms with E-state index in [1.165, 1.54) is 11.8 Å². The standard InChI is InChI=1S/C37H50N8O6/c1-23(46)41-32(24-10-2-3-11-24)34(48)42-28(15-8-17-40-37(38)39)35(49)45-22-27-14-5-4-12-25(27)21-31(45)33(47)43-29(36(50)51)20-26-13-6-7-16-30(26)44-18-9-19-44/h4-7,12-14,16,24,28-29,31-32H,2-3,8-11,15,17-22H2,1H3,(H,41,46)(H,42,48)(H,43,47)(H,50,51)(H4,38,39,40)/t28-,29-,31-,32?/m0/s1. The summed E-state index contributed by atoms with van der Waals surface area (Å²) in [6.07, 6.45) is 5.25. The fourth-order valence-corrected chi connectivity index (χ4v) is 7.36. The van der Waals surface area contributed by atoms with Crippen molar-refractivity contribution >= 4 is 41.2 Å². The molecule has 4 amide bonds. The van der Waals surface area contributed by atoms with Crippen molar-refractivity contribution in [2.75, 3.05) is 24.5 Å². The number of hydrogen-bond acceptors (Lipinski definition) is 7. The molecular formula is C37H50N8O6. The van der Waals surface area contributed by atoms with Gasteiger partial charge in [0.1, 0.15) is 24.2 Å². The van der Waals surface area contributed by atoms with Gasteiger partial charge in [-0.3, -0.25) is 24.2 Å². The lowest BCUT2D eigenvalue weighted by Crippen LogP contribution is -2.61. The summed E-state index contributed by atoms with van der Waals surface area (Å²) < 4.78 is 0. The number of benzene rings is 2. The van der Waals surface area contributed by atoms with Gasteiger partial charge < -0.3 is 42.3 Å². The van der Waals surface area contributed by atoms with Crippen LogP contribution in [-0.2, 0) is 43.4 Å². The molecule has 2 fully saturated rings. The molecule has 5 rings (SSSR count). The number of anilines is 1. The van der Waals surface area contributed by atoms with E-state index in [4.69, 9.17) is 11.5 Å². The highest BCUT2D eigenvalue weighted by Crippen LogP contribution is 2.30. The number of guanidine groups is 1. The van der Waals surface area contributed by atoms with Crippen molar-refractivity contribution in [2.45, 2.75) is 95.4 Å². The first-order valence-corrected chi connectivity index (χ1v) is 17.9. The van der Waals surface area contributed by atoms with Gasteiger partial charge in [0.15, 0.2) is 5.96 Å². The van der Waals surface area contributed by atoms with Crippen LogP contribution in [0.4, 0.5) is 5.69 Å². The minimum absolute atomic E-state index is 0.0640. The zero-order valence-electron chi connectivity index (χ0n) is 29.2. The Morgan fingerprint density at radius 1 is 0.902 bits per heavy atom. The zero-order valence-corrected chi connectivity index (χ0v) is 29.2. The van der Waals surface area contributed by atoms with E-state index < -0.39 is 47.9 Å². The maximum atomic E-state index is 14.6. The largest absolute Gasteiger partial charge is 0.480 e. The van der Waals surface area contributed by atoms with Crippen molar-refractivity contribution in [1.82, 2.24) is 20.9 Å². The first-order valence-electron chi connectivity index (χ1n) is 17.9. The molecule has 0 radical (unpaired) electrons. The summed E-state index contributed by atoms with van der Waals surface area (Å²) in [6.45, 7) is 3.42. The van der Waals surface area contributed by atoms with Crippen molar-refractivity contribution in [3.63, 3.8) is 0 Å². The molecule has 1 unspecified atom stereocenters. The average molecular weight is 703 g/mol. The number of amides is 4. The number of carboxylic acids is 1. The Labute approximate surface area is 298 Å². The lowest BCUT2D eigenvalue weighted by Gasteiger charge is -2.39. The van der Waals surface area contributed by atoms with E-state index in [2.05, 4.69) is 25.8 Å². The number of fused-ring (bicyclic) bond motifs is 1. The fraction of sp³-hybridized carbons (Fsp3) is 0.514. The van der Waals surface area contributed by atoms with Crippen LogP contribution in [-0.4, -0.2) is 89.4 Å². The summed E-state index contributed by atoms with van der Waals surface area (Å²) in [5.41, 5.74) is 14.5. The summed E-state index contributed by atoms with van der Waals surface area (Å²) in [5.74, 6) is -3.25. The second-order valence-corrected chi connectivity index (χ2v) is 13.8. The first kappa shape index (κ1) is 37.1. The van der Waals surface area contributed by atoms with Gasteiger partial charge in [0.2, 0.25) is 23.6 Å². The number of nitrogens with zero attached hydrogens (tertiary/aromatic N) is 3. The third-order valence-electron chi connectivity index (χ3n) is 10.1. The van der Waals surface area contributed by atoms with Gasteiger partial charge >= 0.3 is 5.97 Å². The van der Waals surface area contributed by atoms with Gasteiger partial charge in [0.25, 0.3) is 0 Å². The number of carboxylic acid groups (broad SMARTS) is 1. The quantitative estimate of drug-likeness (QED) is 0.0893. The molecule has 51 heavy (non-hydrogen) atoms. The van der Waals surface area contributed by atoms with Crippen LogP contribution in [0.1, 0.15) is 68.6 Å². The molecule has 1 aliphatic carbocycles. The van der Waals surface area contributed by atoms with Gasteiger partial charge in [-0.1, -0.05) is 55.3 Å². The van der Waals surface area contributed by atoms with Crippen LogP contribution in [0.25, 0.3) is 0 Å². The van der Waals surface area contributed by atoms with Crippen LogP contribution in [0.3, 0.4) is 0 Å². The van der Waals surface area contributed by atoms with Crippen molar-refractivity contribution in [3.05, 3.63) is 65.2 Å². The first-order chi connectivity index (χ1) is 24.5. The van der Waals surface area contributed by atoms with Gasteiger partial charge in [-0.05, 0) is 60.8 Å². The smallest absolute Gasteiger partial charge is 0.326 e. The molecule has 0 spiro atoms. The minimum Gasteiger partial charge on any atom is -0.480 e. The monoisotopic (exact) mass is 702 g/mol. The molecule has 2 heterocycles. The molecular weight excluding hydrogens is 652 g/mol. The van der Waals surface area contributed by atoms with Crippen molar-refractivity contribution in [1.29, 1.82) is 0 Å². The van der Waals surface area contributed by atoms with E-state index in [1.807, 2.05) is 48.5 Å². The van der Waals surface area contributed by atoms with Gasteiger partial charge in [-0.15, -0.1) is 0 Å². The number of nitrogens with one attached hydrogen (secondary N) is 3. The third kappa shape index (κ3) is 9.56. The number of aliphatic carboxylic acids is 1. The molecule has 0 aromatic heterocycles. The Morgan fingerprint density at radius 3 is 2.24 bits per heavy atom. The van der Waals surface area contributed by atoms with Crippen LogP contribution < -0.4 is 32.3 Å². The van der Waals surface area contributed by atoms with Gasteiger partial charge in [0, 0.05) is 51.6 Å². The summed E-state index contributed by atoms with van der Waals surface area (Å²) in [6, 6.07) is 10.9. The van der Waals surface area contributed by atoms with Gasteiger partial charge in [0.05, 0.1) is 0 Å². The van der Waals surface area contributed by atoms with E-state index >= 15 is 0 Å². The van der Waals surface area contributed by atoms with Crippen molar-refractivity contribution in [3.8, 4) is 0 Å². The molecule has 2 aromatic rings. The Balaban J connectivity index is 1.40. The molecule has 3 aliphatic rings. The van der Waals surface area contributed by atoms with Crippen LogP contribution >= 0.6 is 0 Å². The lowest BCUT2D eigenvalue weighted by molar-refractivity contribution is -0.147. The maximum absolute atomic E-state index is 14.6. The molecule has 14 nitrogen and oxygen atoms in total. The summed E-state index contributed by atoms with van der Waals surface area (Å²) in [7, 11) is 0. The molecule has 4 atom stereocenters. The predicted octanol–water partition coefficient (Wildman–Crippen LogP) is 1.20. The van der Waals surface area contributed by atoms with Crippen molar-refractivity contribution < 1.29 is 29.1 Å². The maximum Gasteiger partial charge on any atom is 0.326 e. The van der Waals surface area contributed by atoms with Gasteiger partial charge in [-0.25, -0.2) is 4.79 Å². The minimum atomic E-state index is -1.24. The Bertz CT molecular complexity index is 1620. The lowest BCUT2D eigenvalue weighted by atomic mass is 9.91. The summed E-state index contributed by atoms with van der Waals surface area (Å²) in [5, 5.41) is 18.7. The number of nitrogens with two attached hydrogens (primary N) is 2. The molecule has 1 saturated carbocycles. The second kappa shape index (κ2) is 17.2. The molecule has 2 aromatic carbocycles.